The number of hydrogen-bond donors (Lipinski definition) is 1. The van der Waals surface area contributed by atoms with E-state index in [1.54, 1.807) is 29.2 Å². The molecule has 1 aliphatic rings. The van der Waals surface area contributed by atoms with Crippen LogP contribution in [0.5, 0.6) is 0 Å². The number of carbonyl (C=O) groups excluding carboxylic acids is 2. The molecule has 0 spiro atoms. The molecule has 1 unspecified atom stereocenters. The Balaban J connectivity index is 1.54. The minimum absolute atomic E-state index is 0.00834. The monoisotopic (exact) mass is 362 g/mol. The lowest BCUT2D eigenvalue weighted by Crippen LogP contribution is -2.38. The maximum atomic E-state index is 12.7. The number of aromatic nitrogens is 1. The van der Waals surface area contributed by atoms with E-state index in [0.29, 0.717) is 10.9 Å². The number of pyridine rings is 1. The van der Waals surface area contributed by atoms with E-state index in [1.807, 2.05) is 31.2 Å². The molecule has 0 radical (unpaired) electrons. The fourth-order valence-electron chi connectivity index (χ4n) is 3.59. The van der Waals surface area contributed by atoms with Gasteiger partial charge in [-0.05, 0) is 31.0 Å². The molecule has 2 aromatic carbocycles. The maximum Gasteiger partial charge on any atom is 0.339 e. The number of para-hydroxylation sites is 2. The number of nitrogens with one attached hydrogen (secondary N) is 1. The molecule has 0 aliphatic carbocycles. The van der Waals surface area contributed by atoms with E-state index in [0.717, 1.165) is 17.7 Å². The Morgan fingerprint density at radius 3 is 2.74 bits per heavy atom. The molecule has 3 aromatic rings. The van der Waals surface area contributed by atoms with Gasteiger partial charge in [0, 0.05) is 28.7 Å². The van der Waals surface area contributed by atoms with Crippen molar-refractivity contribution in [2.24, 2.45) is 0 Å². The summed E-state index contributed by atoms with van der Waals surface area (Å²) in [4.78, 5) is 41.3. The van der Waals surface area contributed by atoms with Crippen LogP contribution in [-0.2, 0) is 16.0 Å². The van der Waals surface area contributed by atoms with E-state index in [-0.39, 0.29) is 24.1 Å². The van der Waals surface area contributed by atoms with Gasteiger partial charge in [0.1, 0.15) is 0 Å². The van der Waals surface area contributed by atoms with Gasteiger partial charge in [0.2, 0.25) is 5.56 Å². The number of ether oxygens (including phenoxy) is 1. The van der Waals surface area contributed by atoms with E-state index in [2.05, 4.69) is 4.98 Å². The number of H-pyrrole nitrogens is 1. The molecule has 0 fully saturated rings. The van der Waals surface area contributed by atoms with Crippen LogP contribution in [0, 0.1) is 0 Å². The van der Waals surface area contributed by atoms with Crippen LogP contribution in [0.25, 0.3) is 10.9 Å². The normalized spacial score (nSPS) is 15.6. The summed E-state index contributed by atoms with van der Waals surface area (Å²) in [5.74, 6) is -0.972. The zero-order valence-corrected chi connectivity index (χ0v) is 14.8. The third-order valence-electron chi connectivity index (χ3n) is 4.77. The van der Waals surface area contributed by atoms with Crippen molar-refractivity contribution >= 4 is 28.5 Å². The van der Waals surface area contributed by atoms with E-state index in [4.69, 9.17) is 4.74 Å². The average molecular weight is 362 g/mol. The van der Waals surface area contributed by atoms with Gasteiger partial charge in [-0.3, -0.25) is 9.59 Å². The number of nitrogens with zero attached hydrogens (tertiary/aromatic N) is 1. The first-order valence-electron chi connectivity index (χ1n) is 8.74. The van der Waals surface area contributed by atoms with Gasteiger partial charge in [-0.25, -0.2) is 4.79 Å². The van der Waals surface area contributed by atoms with E-state index in [1.165, 1.54) is 6.07 Å². The van der Waals surface area contributed by atoms with Crippen LogP contribution in [-0.4, -0.2) is 29.5 Å². The van der Waals surface area contributed by atoms with Crippen LogP contribution < -0.4 is 10.5 Å². The van der Waals surface area contributed by atoms with E-state index in [9.17, 15) is 14.4 Å². The highest BCUT2D eigenvalue weighted by Crippen LogP contribution is 2.31. The SMILES string of the molecule is CC1Cc2ccccc2N1C(=O)COC(=O)c1cc(=O)[nH]c2ccccc12. The third-order valence-corrected chi connectivity index (χ3v) is 4.77. The van der Waals surface area contributed by atoms with Crippen molar-refractivity contribution in [2.45, 2.75) is 19.4 Å². The highest BCUT2D eigenvalue weighted by molar-refractivity contribution is 6.04. The quantitative estimate of drug-likeness (QED) is 0.727. The fourth-order valence-corrected chi connectivity index (χ4v) is 3.59. The molecule has 2 heterocycles. The summed E-state index contributed by atoms with van der Waals surface area (Å²) in [6, 6.07) is 15.9. The largest absolute Gasteiger partial charge is 0.452 e. The average Bonchev–Trinajstić information content (AvgIpc) is 3.00. The highest BCUT2D eigenvalue weighted by Gasteiger charge is 2.31. The van der Waals surface area contributed by atoms with Gasteiger partial charge in [0.15, 0.2) is 6.61 Å². The number of benzene rings is 2. The number of rotatable bonds is 3. The predicted octanol–water partition coefficient (Wildman–Crippen LogP) is 2.66. The molecule has 1 amide bonds. The van der Waals surface area contributed by atoms with Gasteiger partial charge >= 0.3 is 5.97 Å². The van der Waals surface area contributed by atoms with Crippen LogP contribution in [0.1, 0.15) is 22.8 Å². The van der Waals surface area contributed by atoms with Gasteiger partial charge in [0.25, 0.3) is 5.91 Å². The smallest absolute Gasteiger partial charge is 0.339 e. The Kier molecular flexibility index (Phi) is 4.24. The molecule has 4 rings (SSSR count). The molecule has 1 aliphatic heterocycles. The Bertz CT molecular complexity index is 1100. The molecule has 136 valence electrons. The summed E-state index contributed by atoms with van der Waals surface area (Å²) in [6.07, 6.45) is 0.772. The molecular weight excluding hydrogens is 344 g/mol. The number of hydrogen-bond acceptors (Lipinski definition) is 4. The molecule has 0 saturated heterocycles. The first kappa shape index (κ1) is 17.0. The lowest BCUT2D eigenvalue weighted by atomic mass is 10.1. The molecule has 6 nitrogen and oxygen atoms in total. The Morgan fingerprint density at radius 1 is 1.15 bits per heavy atom. The molecule has 0 bridgehead atoms. The van der Waals surface area contributed by atoms with Crippen molar-refractivity contribution in [1.82, 2.24) is 4.98 Å². The molecular formula is C21H18N2O4. The zero-order chi connectivity index (χ0) is 19.0. The fraction of sp³-hybridized carbons (Fsp3) is 0.190. The second-order valence-electron chi connectivity index (χ2n) is 6.61. The summed E-state index contributed by atoms with van der Waals surface area (Å²) in [7, 11) is 0. The van der Waals surface area contributed by atoms with Crippen molar-refractivity contribution in [3.05, 3.63) is 76.1 Å². The van der Waals surface area contributed by atoms with Crippen LogP contribution in [0.2, 0.25) is 0 Å². The van der Waals surface area contributed by atoms with E-state index < -0.39 is 11.5 Å². The second-order valence-corrected chi connectivity index (χ2v) is 6.61. The first-order chi connectivity index (χ1) is 13.0. The van der Waals surface area contributed by atoms with Crippen molar-refractivity contribution in [2.75, 3.05) is 11.5 Å². The Hall–Kier alpha value is -3.41. The van der Waals surface area contributed by atoms with Crippen molar-refractivity contribution < 1.29 is 14.3 Å². The van der Waals surface area contributed by atoms with Crippen LogP contribution >= 0.6 is 0 Å². The molecule has 1 N–H and O–H groups in total. The van der Waals surface area contributed by atoms with Crippen LogP contribution in [0.15, 0.2) is 59.4 Å². The third kappa shape index (κ3) is 3.10. The summed E-state index contributed by atoms with van der Waals surface area (Å²) in [6.45, 7) is 1.59. The van der Waals surface area contributed by atoms with Crippen LogP contribution in [0.4, 0.5) is 5.69 Å². The number of aromatic amines is 1. The maximum absolute atomic E-state index is 12.7. The second kappa shape index (κ2) is 6.72. The highest BCUT2D eigenvalue weighted by atomic mass is 16.5. The molecule has 27 heavy (non-hydrogen) atoms. The lowest BCUT2D eigenvalue weighted by Gasteiger charge is -2.22. The first-order valence-corrected chi connectivity index (χ1v) is 8.74. The zero-order valence-electron chi connectivity index (χ0n) is 14.8. The summed E-state index contributed by atoms with van der Waals surface area (Å²) in [5, 5.41) is 0.578. The summed E-state index contributed by atoms with van der Waals surface area (Å²) in [5.41, 5.74) is 2.26. The molecule has 1 atom stereocenters. The number of amides is 1. The Labute approximate surface area is 155 Å². The van der Waals surface area contributed by atoms with Gasteiger partial charge < -0.3 is 14.6 Å². The van der Waals surface area contributed by atoms with Crippen molar-refractivity contribution in [3.8, 4) is 0 Å². The van der Waals surface area contributed by atoms with Gasteiger partial charge in [-0.1, -0.05) is 36.4 Å². The lowest BCUT2D eigenvalue weighted by molar-refractivity contribution is -0.122. The van der Waals surface area contributed by atoms with Gasteiger partial charge in [-0.15, -0.1) is 0 Å². The Morgan fingerprint density at radius 2 is 1.89 bits per heavy atom. The van der Waals surface area contributed by atoms with Gasteiger partial charge in [-0.2, -0.15) is 0 Å². The number of anilines is 1. The van der Waals surface area contributed by atoms with Crippen LogP contribution in [0.3, 0.4) is 0 Å². The number of esters is 1. The minimum Gasteiger partial charge on any atom is -0.452 e. The van der Waals surface area contributed by atoms with Crippen molar-refractivity contribution in [3.63, 3.8) is 0 Å². The van der Waals surface area contributed by atoms with Gasteiger partial charge in [0.05, 0.1) is 5.56 Å². The minimum atomic E-state index is -0.689. The molecule has 0 saturated carbocycles. The topological polar surface area (TPSA) is 79.5 Å². The summed E-state index contributed by atoms with van der Waals surface area (Å²) < 4.78 is 5.25. The van der Waals surface area contributed by atoms with Crippen molar-refractivity contribution in [1.29, 1.82) is 0 Å². The number of carbonyl (C=O) groups is 2. The predicted molar refractivity (Wildman–Crippen MR) is 102 cm³/mol. The summed E-state index contributed by atoms with van der Waals surface area (Å²) >= 11 is 0. The number of fused-ring (bicyclic) bond motifs is 2. The standard InChI is InChI=1S/C21H18N2O4/c1-13-10-14-6-2-5-9-18(14)23(13)20(25)12-27-21(26)16-11-19(24)22-17-8-4-3-7-15(16)17/h2-9,11,13H,10,12H2,1H3,(H,22,24). The molecule has 1 aromatic heterocycles. The van der Waals surface area contributed by atoms with E-state index >= 15 is 0 Å². The molecule has 6 heteroatoms.